The molecule has 0 saturated heterocycles. The van der Waals surface area contributed by atoms with Gasteiger partial charge in [-0.05, 0) is 49.6 Å². The monoisotopic (exact) mass is 482 g/mol. The van der Waals surface area contributed by atoms with Crippen LogP contribution in [0.3, 0.4) is 0 Å². The number of aryl methyl sites for hydroxylation is 2. The lowest BCUT2D eigenvalue weighted by atomic mass is 9.88. The van der Waals surface area contributed by atoms with Gasteiger partial charge in [-0.25, -0.2) is 9.67 Å². The van der Waals surface area contributed by atoms with Crippen LogP contribution in [0.4, 0.5) is 0 Å². The molecule has 2 aromatic heterocycles. The highest BCUT2D eigenvalue weighted by atomic mass is 16.6. The minimum atomic E-state index is -0.260. The lowest BCUT2D eigenvalue weighted by Crippen LogP contribution is -2.29. The van der Waals surface area contributed by atoms with Crippen molar-refractivity contribution in [3.05, 3.63) is 113 Å². The molecule has 4 aromatic rings. The third-order valence-electron chi connectivity index (χ3n) is 5.79. The number of carbonyl (C=O) groups is 1. The molecule has 8 heteroatoms. The van der Waals surface area contributed by atoms with Crippen molar-refractivity contribution >= 4 is 11.7 Å². The lowest BCUT2D eigenvalue weighted by molar-refractivity contribution is -0.125. The van der Waals surface area contributed by atoms with E-state index in [2.05, 4.69) is 44.8 Å². The number of nitrogens with zero attached hydrogens (tertiary/aromatic N) is 4. The fourth-order valence-corrected chi connectivity index (χ4v) is 4.04. The number of hydrogen-bond acceptors (Lipinski definition) is 5. The van der Waals surface area contributed by atoms with Gasteiger partial charge in [0, 0.05) is 29.9 Å². The van der Waals surface area contributed by atoms with E-state index in [0.29, 0.717) is 17.9 Å². The van der Waals surface area contributed by atoms with Gasteiger partial charge in [0.25, 0.3) is 5.91 Å². The molecule has 0 fully saturated rings. The Morgan fingerprint density at radius 1 is 1.03 bits per heavy atom. The van der Waals surface area contributed by atoms with E-state index in [-0.39, 0.29) is 24.3 Å². The average Bonchev–Trinajstić information content (AvgIpc) is 3.25. The van der Waals surface area contributed by atoms with Crippen LogP contribution < -0.4 is 11.1 Å². The van der Waals surface area contributed by atoms with Crippen LogP contribution in [0.5, 0.6) is 0 Å². The van der Waals surface area contributed by atoms with Crippen LogP contribution in [0.2, 0.25) is 0 Å². The quantitative estimate of drug-likeness (QED) is 0.203. The smallest absolute Gasteiger partial charge is 0.260 e. The average molecular weight is 483 g/mol. The number of nitrogens with two attached hydrogens (primary N) is 1. The van der Waals surface area contributed by atoms with Crippen molar-refractivity contribution in [3.8, 4) is 5.82 Å². The molecule has 0 unspecified atom stereocenters. The van der Waals surface area contributed by atoms with Gasteiger partial charge in [0.2, 0.25) is 0 Å². The third-order valence-corrected chi connectivity index (χ3v) is 5.79. The van der Waals surface area contributed by atoms with E-state index >= 15 is 0 Å². The first kappa shape index (κ1) is 24.7. The van der Waals surface area contributed by atoms with E-state index in [1.807, 2.05) is 56.3 Å². The maximum Gasteiger partial charge on any atom is 0.260 e. The van der Waals surface area contributed by atoms with Gasteiger partial charge < -0.3 is 15.9 Å². The van der Waals surface area contributed by atoms with E-state index in [1.165, 1.54) is 11.1 Å². The van der Waals surface area contributed by atoms with Crippen molar-refractivity contribution in [1.82, 2.24) is 20.1 Å². The molecule has 0 atom stereocenters. The number of pyridine rings is 1. The summed E-state index contributed by atoms with van der Waals surface area (Å²) in [7, 11) is 0. The molecular weight excluding hydrogens is 452 g/mol. The standard InChI is InChI=1S/C28H30N6O2/c1-20-17-21(2)34(32-20)26-14-13-24(18-31-26)28(29)33-36-19-27(35)30-16-15-25(22-9-5-3-6-10-22)23-11-7-4-8-12-23/h3-14,17-18,25H,15-16,19H2,1-2H3,(H2,29,33)(H,30,35). The van der Waals surface area contributed by atoms with Gasteiger partial charge in [-0.2, -0.15) is 5.10 Å². The summed E-state index contributed by atoms with van der Waals surface area (Å²) in [5.41, 5.74) is 10.9. The van der Waals surface area contributed by atoms with Gasteiger partial charge in [-0.15, -0.1) is 0 Å². The molecule has 3 N–H and O–H groups in total. The normalized spacial score (nSPS) is 11.5. The topological polar surface area (TPSA) is 107 Å². The van der Waals surface area contributed by atoms with Crippen molar-refractivity contribution in [2.75, 3.05) is 13.2 Å². The molecule has 4 rings (SSSR count). The van der Waals surface area contributed by atoms with Crippen LogP contribution in [0, 0.1) is 13.8 Å². The number of benzene rings is 2. The van der Waals surface area contributed by atoms with E-state index < -0.39 is 0 Å². The van der Waals surface area contributed by atoms with Crippen molar-refractivity contribution in [2.45, 2.75) is 26.2 Å². The van der Waals surface area contributed by atoms with Gasteiger partial charge in [-0.1, -0.05) is 65.8 Å². The van der Waals surface area contributed by atoms with Crippen molar-refractivity contribution in [2.24, 2.45) is 10.9 Å². The molecule has 36 heavy (non-hydrogen) atoms. The number of hydrogen-bond donors (Lipinski definition) is 2. The van der Waals surface area contributed by atoms with Crippen molar-refractivity contribution in [1.29, 1.82) is 0 Å². The van der Waals surface area contributed by atoms with Crippen LogP contribution in [0.25, 0.3) is 5.82 Å². The second kappa shape index (κ2) is 11.8. The number of nitrogens with one attached hydrogen (secondary N) is 1. The fourth-order valence-electron chi connectivity index (χ4n) is 4.04. The number of carbonyl (C=O) groups excluding carboxylic acids is 1. The Balaban J connectivity index is 1.27. The number of oxime groups is 1. The summed E-state index contributed by atoms with van der Waals surface area (Å²) in [5.74, 6) is 0.752. The highest BCUT2D eigenvalue weighted by Crippen LogP contribution is 2.27. The van der Waals surface area contributed by atoms with Crippen molar-refractivity contribution in [3.63, 3.8) is 0 Å². The Bertz CT molecular complexity index is 1260. The van der Waals surface area contributed by atoms with Crippen LogP contribution in [0.1, 0.15) is 40.4 Å². The largest absolute Gasteiger partial charge is 0.384 e. The first-order chi connectivity index (χ1) is 17.5. The molecule has 0 aliphatic heterocycles. The summed E-state index contributed by atoms with van der Waals surface area (Å²) in [4.78, 5) is 21.9. The maximum atomic E-state index is 12.3. The molecule has 2 heterocycles. The molecular formula is C28H30N6O2. The number of amides is 1. The predicted molar refractivity (Wildman–Crippen MR) is 140 cm³/mol. The number of aromatic nitrogens is 3. The predicted octanol–water partition coefficient (Wildman–Crippen LogP) is 3.86. The molecule has 0 aliphatic carbocycles. The van der Waals surface area contributed by atoms with Gasteiger partial charge >= 0.3 is 0 Å². The number of rotatable bonds is 10. The molecule has 0 radical (unpaired) electrons. The summed E-state index contributed by atoms with van der Waals surface area (Å²) in [5, 5.41) is 11.2. The highest BCUT2D eigenvalue weighted by molar-refractivity contribution is 5.96. The van der Waals surface area contributed by atoms with Gasteiger partial charge in [-0.3, -0.25) is 4.79 Å². The Morgan fingerprint density at radius 2 is 1.69 bits per heavy atom. The first-order valence-corrected chi connectivity index (χ1v) is 11.8. The molecule has 0 bridgehead atoms. The molecule has 1 amide bonds. The Kier molecular flexibility index (Phi) is 8.08. The van der Waals surface area contributed by atoms with Crippen LogP contribution in [-0.2, 0) is 9.63 Å². The van der Waals surface area contributed by atoms with Gasteiger partial charge in [0.1, 0.15) is 0 Å². The molecule has 2 aromatic carbocycles. The van der Waals surface area contributed by atoms with E-state index in [1.54, 1.807) is 23.0 Å². The zero-order valence-electron chi connectivity index (χ0n) is 20.5. The maximum absolute atomic E-state index is 12.3. The molecule has 0 aliphatic rings. The molecule has 0 saturated carbocycles. The number of amidine groups is 1. The SMILES string of the molecule is Cc1cc(C)n(-c2ccc(C(N)=NOCC(=O)NCCC(c3ccccc3)c3ccccc3)cn2)n1. The Morgan fingerprint density at radius 3 is 2.25 bits per heavy atom. The minimum Gasteiger partial charge on any atom is -0.384 e. The van der Waals surface area contributed by atoms with Crippen LogP contribution in [0.15, 0.2) is 90.2 Å². The minimum absolute atomic E-state index is 0.142. The molecule has 0 spiro atoms. The van der Waals surface area contributed by atoms with Crippen LogP contribution >= 0.6 is 0 Å². The lowest BCUT2D eigenvalue weighted by Gasteiger charge is -2.18. The summed E-state index contributed by atoms with van der Waals surface area (Å²) in [6.45, 7) is 4.18. The van der Waals surface area contributed by atoms with E-state index in [4.69, 9.17) is 10.6 Å². The van der Waals surface area contributed by atoms with Gasteiger partial charge in [0.15, 0.2) is 18.3 Å². The van der Waals surface area contributed by atoms with Gasteiger partial charge in [0.05, 0.1) is 5.69 Å². The van der Waals surface area contributed by atoms with Crippen LogP contribution in [-0.4, -0.2) is 39.7 Å². The Labute approximate surface area is 210 Å². The highest BCUT2D eigenvalue weighted by Gasteiger charge is 2.14. The molecule has 184 valence electrons. The Hall–Kier alpha value is -4.46. The summed E-state index contributed by atoms with van der Waals surface area (Å²) < 4.78 is 1.76. The summed E-state index contributed by atoms with van der Waals surface area (Å²) >= 11 is 0. The first-order valence-electron chi connectivity index (χ1n) is 11.8. The zero-order chi connectivity index (χ0) is 25.3. The second-order valence-electron chi connectivity index (χ2n) is 8.51. The summed E-state index contributed by atoms with van der Waals surface area (Å²) in [6.07, 6.45) is 2.36. The third kappa shape index (κ3) is 6.35. The second-order valence-corrected chi connectivity index (χ2v) is 8.51. The van der Waals surface area contributed by atoms with Crippen molar-refractivity contribution < 1.29 is 9.63 Å². The van der Waals surface area contributed by atoms with E-state index in [0.717, 1.165) is 17.8 Å². The zero-order valence-corrected chi connectivity index (χ0v) is 20.5. The van der Waals surface area contributed by atoms with E-state index in [9.17, 15) is 4.79 Å². The summed E-state index contributed by atoms with van der Waals surface area (Å²) in [6, 6.07) is 26.1. The molecule has 8 nitrogen and oxygen atoms in total. The fraction of sp³-hybridized carbons (Fsp3) is 0.214.